The Labute approximate surface area is 114 Å². The number of benzene rings is 1. The van der Waals surface area contributed by atoms with Crippen molar-refractivity contribution in [2.45, 2.75) is 25.8 Å². The quantitative estimate of drug-likeness (QED) is 0.910. The lowest BCUT2D eigenvalue weighted by atomic mass is 10.0. The smallest absolute Gasteiger partial charge is 0.217 e. The van der Waals surface area contributed by atoms with Crippen LogP contribution in [0, 0.1) is 5.82 Å². The van der Waals surface area contributed by atoms with E-state index in [2.05, 4.69) is 21.2 Å². The fourth-order valence-electron chi connectivity index (χ4n) is 2.29. The molecule has 1 fully saturated rings. The van der Waals surface area contributed by atoms with Crippen LogP contribution in [0.4, 0.5) is 10.1 Å². The number of anilines is 1. The number of hydrogen-bond donors (Lipinski definition) is 1. The third kappa shape index (κ3) is 3.02. The molecular formula is C13H16BrFN2O. The highest BCUT2D eigenvalue weighted by atomic mass is 79.9. The Morgan fingerprint density at radius 2 is 2.11 bits per heavy atom. The fourth-order valence-corrected chi connectivity index (χ4v) is 2.64. The van der Waals surface area contributed by atoms with Crippen LogP contribution in [0.15, 0.2) is 22.7 Å². The molecule has 1 aromatic carbocycles. The Morgan fingerprint density at radius 3 is 2.72 bits per heavy atom. The number of nitrogens with one attached hydrogen (secondary N) is 1. The van der Waals surface area contributed by atoms with Crippen molar-refractivity contribution in [1.82, 2.24) is 5.32 Å². The van der Waals surface area contributed by atoms with Crippen LogP contribution >= 0.6 is 15.9 Å². The van der Waals surface area contributed by atoms with E-state index in [0.29, 0.717) is 10.2 Å². The topological polar surface area (TPSA) is 32.3 Å². The van der Waals surface area contributed by atoms with Gasteiger partial charge in [0.1, 0.15) is 0 Å². The predicted octanol–water partition coefficient (Wildman–Crippen LogP) is 2.69. The normalized spacial score (nSPS) is 16.7. The maximum atomic E-state index is 13.9. The summed E-state index contributed by atoms with van der Waals surface area (Å²) < 4.78 is 14.4. The molecular weight excluding hydrogens is 299 g/mol. The second-order valence-electron chi connectivity index (χ2n) is 4.53. The Bertz CT molecular complexity index is 445. The van der Waals surface area contributed by atoms with Crippen LogP contribution in [0.25, 0.3) is 0 Å². The summed E-state index contributed by atoms with van der Waals surface area (Å²) in [4.78, 5) is 13.0. The molecule has 0 bridgehead atoms. The van der Waals surface area contributed by atoms with Crippen LogP contribution in [0.3, 0.4) is 0 Å². The van der Waals surface area contributed by atoms with Crippen molar-refractivity contribution in [3.63, 3.8) is 0 Å². The van der Waals surface area contributed by atoms with Gasteiger partial charge in [0.15, 0.2) is 5.82 Å². The van der Waals surface area contributed by atoms with Gasteiger partial charge in [-0.15, -0.1) is 0 Å². The molecule has 1 N–H and O–H groups in total. The summed E-state index contributed by atoms with van der Waals surface area (Å²) in [7, 11) is 0. The van der Waals surface area contributed by atoms with Crippen molar-refractivity contribution < 1.29 is 9.18 Å². The number of piperidine rings is 1. The maximum Gasteiger partial charge on any atom is 0.217 e. The van der Waals surface area contributed by atoms with Crippen LogP contribution in [-0.4, -0.2) is 25.0 Å². The van der Waals surface area contributed by atoms with Gasteiger partial charge in [-0.05, 0) is 40.9 Å². The Morgan fingerprint density at radius 1 is 1.44 bits per heavy atom. The second kappa shape index (κ2) is 5.69. The summed E-state index contributed by atoms with van der Waals surface area (Å²) in [5.41, 5.74) is 0.630. The van der Waals surface area contributed by atoms with E-state index in [4.69, 9.17) is 0 Å². The zero-order valence-electron chi connectivity index (χ0n) is 10.2. The molecule has 0 aromatic heterocycles. The predicted molar refractivity (Wildman–Crippen MR) is 73.2 cm³/mol. The van der Waals surface area contributed by atoms with Crippen molar-refractivity contribution >= 4 is 27.5 Å². The molecule has 1 aliphatic heterocycles. The first-order chi connectivity index (χ1) is 8.58. The van der Waals surface area contributed by atoms with Crippen molar-refractivity contribution in [2.75, 3.05) is 18.0 Å². The molecule has 98 valence electrons. The molecule has 0 saturated carbocycles. The van der Waals surface area contributed by atoms with E-state index in [1.165, 1.54) is 6.92 Å². The lowest BCUT2D eigenvalue weighted by Crippen LogP contribution is -2.44. The van der Waals surface area contributed by atoms with E-state index in [1.54, 1.807) is 12.1 Å². The number of carbonyl (C=O) groups excluding carboxylic acids is 1. The second-order valence-corrected chi connectivity index (χ2v) is 5.39. The average Bonchev–Trinajstić information content (AvgIpc) is 2.33. The maximum absolute atomic E-state index is 13.9. The SMILES string of the molecule is CC(=O)NC1CCN(c2cccc(Br)c2F)CC1. The summed E-state index contributed by atoms with van der Waals surface area (Å²) >= 11 is 3.20. The first kappa shape index (κ1) is 13.3. The average molecular weight is 315 g/mol. The van der Waals surface area contributed by atoms with Crippen LogP contribution in [0.5, 0.6) is 0 Å². The molecule has 1 amide bonds. The highest BCUT2D eigenvalue weighted by molar-refractivity contribution is 9.10. The van der Waals surface area contributed by atoms with Gasteiger partial charge in [0.2, 0.25) is 5.91 Å². The number of halogens is 2. The highest BCUT2D eigenvalue weighted by Crippen LogP contribution is 2.28. The highest BCUT2D eigenvalue weighted by Gasteiger charge is 2.22. The number of nitrogens with zero attached hydrogens (tertiary/aromatic N) is 1. The van der Waals surface area contributed by atoms with E-state index < -0.39 is 0 Å². The zero-order chi connectivity index (χ0) is 13.1. The van der Waals surface area contributed by atoms with E-state index in [1.807, 2.05) is 11.0 Å². The molecule has 0 atom stereocenters. The molecule has 1 saturated heterocycles. The van der Waals surface area contributed by atoms with Gasteiger partial charge in [-0.2, -0.15) is 0 Å². The molecule has 2 rings (SSSR count). The Hall–Kier alpha value is -1.10. The van der Waals surface area contributed by atoms with Crippen LogP contribution in [0.2, 0.25) is 0 Å². The summed E-state index contributed by atoms with van der Waals surface area (Å²) in [5, 5.41) is 2.91. The third-order valence-corrected chi connectivity index (χ3v) is 3.79. The molecule has 3 nitrogen and oxygen atoms in total. The van der Waals surface area contributed by atoms with E-state index >= 15 is 0 Å². The van der Waals surface area contributed by atoms with E-state index in [0.717, 1.165) is 25.9 Å². The van der Waals surface area contributed by atoms with E-state index in [9.17, 15) is 9.18 Å². The molecule has 1 heterocycles. The number of rotatable bonds is 2. The molecule has 0 aliphatic carbocycles. The molecule has 5 heteroatoms. The van der Waals surface area contributed by atoms with Crippen molar-refractivity contribution in [2.24, 2.45) is 0 Å². The molecule has 0 unspecified atom stereocenters. The van der Waals surface area contributed by atoms with Gasteiger partial charge >= 0.3 is 0 Å². The van der Waals surface area contributed by atoms with Crippen LogP contribution in [0.1, 0.15) is 19.8 Å². The largest absolute Gasteiger partial charge is 0.369 e. The monoisotopic (exact) mass is 314 g/mol. The molecule has 1 aromatic rings. The minimum Gasteiger partial charge on any atom is -0.369 e. The summed E-state index contributed by atoms with van der Waals surface area (Å²) in [6.45, 7) is 3.05. The molecule has 1 aliphatic rings. The number of hydrogen-bond acceptors (Lipinski definition) is 2. The van der Waals surface area contributed by atoms with Crippen molar-refractivity contribution in [3.05, 3.63) is 28.5 Å². The standard InChI is InChI=1S/C13H16BrFN2O/c1-9(18)16-10-5-7-17(8-6-10)12-4-2-3-11(14)13(12)15/h2-4,10H,5-8H2,1H3,(H,16,18). The van der Waals surface area contributed by atoms with Gasteiger partial charge in [0, 0.05) is 26.1 Å². The van der Waals surface area contributed by atoms with Gasteiger partial charge in [-0.1, -0.05) is 6.07 Å². The first-order valence-electron chi connectivity index (χ1n) is 6.04. The number of amides is 1. The lowest BCUT2D eigenvalue weighted by Gasteiger charge is -2.34. The van der Waals surface area contributed by atoms with Gasteiger partial charge in [0.25, 0.3) is 0 Å². The first-order valence-corrected chi connectivity index (χ1v) is 6.83. The molecule has 0 spiro atoms. The Balaban J connectivity index is 2.01. The summed E-state index contributed by atoms with van der Waals surface area (Å²) in [6.07, 6.45) is 1.71. The van der Waals surface area contributed by atoms with Crippen molar-refractivity contribution in [1.29, 1.82) is 0 Å². The Kier molecular flexibility index (Phi) is 4.22. The number of carbonyl (C=O) groups is 1. The van der Waals surface area contributed by atoms with Gasteiger partial charge in [0.05, 0.1) is 10.2 Å². The zero-order valence-corrected chi connectivity index (χ0v) is 11.8. The fraction of sp³-hybridized carbons (Fsp3) is 0.462. The van der Waals surface area contributed by atoms with Crippen LogP contribution < -0.4 is 10.2 Å². The minimum absolute atomic E-state index is 0.00193. The summed E-state index contributed by atoms with van der Waals surface area (Å²) in [5.74, 6) is -0.211. The van der Waals surface area contributed by atoms with Gasteiger partial charge in [-0.3, -0.25) is 4.79 Å². The van der Waals surface area contributed by atoms with E-state index in [-0.39, 0.29) is 17.8 Å². The lowest BCUT2D eigenvalue weighted by molar-refractivity contribution is -0.119. The third-order valence-electron chi connectivity index (χ3n) is 3.17. The van der Waals surface area contributed by atoms with Gasteiger partial charge in [-0.25, -0.2) is 4.39 Å². The van der Waals surface area contributed by atoms with Gasteiger partial charge < -0.3 is 10.2 Å². The summed E-state index contributed by atoms with van der Waals surface area (Å²) in [6, 6.07) is 5.54. The molecule has 18 heavy (non-hydrogen) atoms. The van der Waals surface area contributed by atoms with Crippen LogP contribution in [-0.2, 0) is 4.79 Å². The van der Waals surface area contributed by atoms with Crippen molar-refractivity contribution in [3.8, 4) is 0 Å². The molecule has 0 radical (unpaired) electrons. The minimum atomic E-state index is -0.213.